The van der Waals surface area contributed by atoms with Crippen LogP contribution in [-0.2, 0) is 5.54 Å². The zero-order valence-electron chi connectivity index (χ0n) is 13.1. The number of hydrogen-bond donors (Lipinski definition) is 2. The third-order valence-corrected chi connectivity index (χ3v) is 3.24. The third-order valence-electron chi connectivity index (χ3n) is 3.24. The molecule has 4 heteroatoms. The molecule has 0 aromatic heterocycles. The fourth-order valence-corrected chi connectivity index (χ4v) is 1.88. The number of ether oxygens (including phenoxy) is 1. The standard InChI is InChI=1S/C16H26N2O2/c1-12(2)10-11-17-15(19)18-16(3,4)13-6-8-14(20-5)9-7-13/h6-9,12H,10-11H2,1-5H3,(H2,17,18,19). The summed E-state index contributed by atoms with van der Waals surface area (Å²) in [5.74, 6) is 1.40. The predicted molar refractivity (Wildman–Crippen MR) is 82.0 cm³/mol. The van der Waals surface area contributed by atoms with Crippen molar-refractivity contribution in [2.45, 2.75) is 39.7 Å². The van der Waals surface area contributed by atoms with E-state index in [-0.39, 0.29) is 6.03 Å². The Morgan fingerprint density at radius 2 is 1.85 bits per heavy atom. The van der Waals surface area contributed by atoms with Gasteiger partial charge in [-0.25, -0.2) is 4.79 Å². The molecule has 0 spiro atoms. The lowest BCUT2D eigenvalue weighted by Gasteiger charge is -2.27. The maximum atomic E-state index is 11.9. The number of nitrogens with one attached hydrogen (secondary N) is 2. The Morgan fingerprint density at radius 3 is 2.35 bits per heavy atom. The van der Waals surface area contributed by atoms with Gasteiger partial charge in [-0.05, 0) is 43.9 Å². The van der Waals surface area contributed by atoms with E-state index in [0.29, 0.717) is 12.5 Å². The van der Waals surface area contributed by atoms with Crippen molar-refractivity contribution in [2.24, 2.45) is 5.92 Å². The van der Waals surface area contributed by atoms with Gasteiger partial charge in [0, 0.05) is 6.54 Å². The van der Waals surface area contributed by atoms with Crippen molar-refractivity contribution in [1.82, 2.24) is 10.6 Å². The van der Waals surface area contributed by atoms with Crippen LogP contribution >= 0.6 is 0 Å². The molecule has 0 bridgehead atoms. The second-order valence-electron chi connectivity index (χ2n) is 5.92. The van der Waals surface area contributed by atoms with Crippen LogP contribution in [0.1, 0.15) is 39.7 Å². The molecule has 1 aromatic carbocycles. The van der Waals surface area contributed by atoms with E-state index in [1.807, 2.05) is 38.1 Å². The zero-order valence-corrected chi connectivity index (χ0v) is 13.1. The van der Waals surface area contributed by atoms with Crippen molar-refractivity contribution in [3.63, 3.8) is 0 Å². The summed E-state index contributed by atoms with van der Waals surface area (Å²) < 4.78 is 5.14. The zero-order chi connectivity index (χ0) is 15.2. The van der Waals surface area contributed by atoms with Gasteiger partial charge in [-0.2, -0.15) is 0 Å². The molecule has 20 heavy (non-hydrogen) atoms. The van der Waals surface area contributed by atoms with E-state index < -0.39 is 5.54 Å². The second kappa shape index (κ2) is 7.17. The van der Waals surface area contributed by atoms with Crippen LogP contribution in [0.15, 0.2) is 24.3 Å². The van der Waals surface area contributed by atoms with Gasteiger partial charge < -0.3 is 15.4 Å². The van der Waals surface area contributed by atoms with Gasteiger partial charge in [0.25, 0.3) is 0 Å². The Labute approximate surface area is 121 Å². The summed E-state index contributed by atoms with van der Waals surface area (Å²) >= 11 is 0. The molecule has 0 saturated carbocycles. The second-order valence-corrected chi connectivity index (χ2v) is 5.92. The Balaban J connectivity index is 2.56. The molecule has 0 aliphatic heterocycles. The monoisotopic (exact) mass is 278 g/mol. The number of rotatable bonds is 6. The minimum Gasteiger partial charge on any atom is -0.497 e. The van der Waals surface area contributed by atoms with E-state index >= 15 is 0 Å². The first-order chi connectivity index (χ1) is 9.35. The Bertz CT molecular complexity index is 425. The third kappa shape index (κ3) is 5.11. The summed E-state index contributed by atoms with van der Waals surface area (Å²) in [4.78, 5) is 11.9. The van der Waals surface area contributed by atoms with Gasteiger partial charge in [-0.3, -0.25) is 0 Å². The van der Waals surface area contributed by atoms with Gasteiger partial charge in [0.1, 0.15) is 5.75 Å². The van der Waals surface area contributed by atoms with Crippen LogP contribution in [0.25, 0.3) is 0 Å². The van der Waals surface area contributed by atoms with Gasteiger partial charge in [-0.15, -0.1) is 0 Å². The first-order valence-corrected chi connectivity index (χ1v) is 7.05. The molecule has 0 radical (unpaired) electrons. The van der Waals surface area contributed by atoms with Crippen LogP contribution in [0, 0.1) is 5.92 Å². The van der Waals surface area contributed by atoms with Crippen LogP contribution in [0.5, 0.6) is 5.75 Å². The predicted octanol–water partition coefficient (Wildman–Crippen LogP) is 3.28. The van der Waals surface area contributed by atoms with E-state index in [1.165, 1.54) is 0 Å². The molecule has 0 heterocycles. The minimum absolute atomic E-state index is 0.133. The molecular weight excluding hydrogens is 252 g/mol. The molecule has 112 valence electrons. The fraction of sp³-hybridized carbons (Fsp3) is 0.562. The first kappa shape index (κ1) is 16.3. The Hall–Kier alpha value is -1.71. The minimum atomic E-state index is -0.422. The summed E-state index contributed by atoms with van der Waals surface area (Å²) in [6.45, 7) is 8.94. The largest absolute Gasteiger partial charge is 0.497 e. The van der Waals surface area contributed by atoms with Crippen molar-refractivity contribution in [3.8, 4) is 5.75 Å². The average Bonchev–Trinajstić information content (AvgIpc) is 2.37. The normalized spacial score (nSPS) is 11.3. The summed E-state index contributed by atoms with van der Waals surface area (Å²) in [5.41, 5.74) is 0.617. The topological polar surface area (TPSA) is 50.4 Å². The highest BCUT2D eigenvalue weighted by Crippen LogP contribution is 2.22. The summed E-state index contributed by atoms with van der Waals surface area (Å²) in [6.07, 6.45) is 0.983. The Kier molecular flexibility index (Phi) is 5.86. The van der Waals surface area contributed by atoms with Gasteiger partial charge in [0.2, 0.25) is 0 Å². The molecule has 2 amide bonds. The molecule has 0 saturated heterocycles. The van der Waals surface area contributed by atoms with E-state index in [0.717, 1.165) is 17.7 Å². The van der Waals surface area contributed by atoms with Crippen molar-refractivity contribution < 1.29 is 9.53 Å². The first-order valence-electron chi connectivity index (χ1n) is 7.05. The molecule has 0 unspecified atom stereocenters. The number of carbonyl (C=O) groups is 1. The lowest BCUT2D eigenvalue weighted by atomic mass is 9.94. The van der Waals surface area contributed by atoms with Gasteiger partial charge in [0.15, 0.2) is 0 Å². The van der Waals surface area contributed by atoms with Crippen molar-refractivity contribution in [1.29, 1.82) is 0 Å². The lowest BCUT2D eigenvalue weighted by Crippen LogP contribution is -2.46. The highest BCUT2D eigenvalue weighted by Gasteiger charge is 2.22. The summed E-state index contributed by atoms with van der Waals surface area (Å²) in [6, 6.07) is 7.59. The SMILES string of the molecule is COc1ccc(C(C)(C)NC(=O)NCCC(C)C)cc1. The smallest absolute Gasteiger partial charge is 0.315 e. The van der Waals surface area contributed by atoms with Crippen molar-refractivity contribution in [2.75, 3.05) is 13.7 Å². The molecular formula is C16H26N2O2. The average molecular weight is 278 g/mol. The van der Waals surface area contributed by atoms with Crippen LogP contribution in [-0.4, -0.2) is 19.7 Å². The number of carbonyl (C=O) groups excluding carboxylic acids is 1. The molecule has 0 aliphatic rings. The molecule has 4 nitrogen and oxygen atoms in total. The lowest BCUT2D eigenvalue weighted by molar-refractivity contribution is 0.229. The van der Waals surface area contributed by atoms with E-state index in [2.05, 4.69) is 24.5 Å². The number of methoxy groups -OCH3 is 1. The van der Waals surface area contributed by atoms with E-state index in [9.17, 15) is 4.79 Å². The number of benzene rings is 1. The van der Waals surface area contributed by atoms with Crippen LogP contribution < -0.4 is 15.4 Å². The van der Waals surface area contributed by atoms with Gasteiger partial charge in [0.05, 0.1) is 12.6 Å². The molecule has 0 aliphatic carbocycles. The molecule has 1 rings (SSSR count). The highest BCUT2D eigenvalue weighted by atomic mass is 16.5. The maximum absolute atomic E-state index is 11.9. The van der Waals surface area contributed by atoms with Crippen LogP contribution in [0.4, 0.5) is 4.79 Å². The molecule has 0 atom stereocenters. The highest BCUT2D eigenvalue weighted by molar-refractivity contribution is 5.74. The van der Waals surface area contributed by atoms with Crippen LogP contribution in [0.3, 0.4) is 0 Å². The summed E-state index contributed by atoms with van der Waals surface area (Å²) in [7, 11) is 1.64. The Morgan fingerprint density at radius 1 is 1.25 bits per heavy atom. The molecule has 1 aromatic rings. The van der Waals surface area contributed by atoms with E-state index in [1.54, 1.807) is 7.11 Å². The maximum Gasteiger partial charge on any atom is 0.315 e. The number of hydrogen-bond acceptors (Lipinski definition) is 2. The fourth-order valence-electron chi connectivity index (χ4n) is 1.88. The van der Waals surface area contributed by atoms with Crippen molar-refractivity contribution in [3.05, 3.63) is 29.8 Å². The summed E-state index contributed by atoms with van der Waals surface area (Å²) in [5, 5.41) is 5.88. The number of amides is 2. The van der Waals surface area contributed by atoms with Crippen LogP contribution in [0.2, 0.25) is 0 Å². The molecule has 0 fully saturated rings. The quantitative estimate of drug-likeness (QED) is 0.839. The number of urea groups is 1. The van der Waals surface area contributed by atoms with Gasteiger partial charge >= 0.3 is 6.03 Å². The van der Waals surface area contributed by atoms with Gasteiger partial charge in [-0.1, -0.05) is 26.0 Å². The molecule has 2 N–H and O–H groups in total. The van der Waals surface area contributed by atoms with Crippen molar-refractivity contribution >= 4 is 6.03 Å². The van der Waals surface area contributed by atoms with E-state index in [4.69, 9.17) is 4.74 Å².